The van der Waals surface area contributed by atoms with Gasteiger partial charge in [-0.25, -0.2) is 0 Å². The lowest BCUT2D eigenvalue weighted by molar-refractivity contribution is 0.479. The molecule has 0 radical (unpaired) electrons. The molecule has 14 heavy (non-hydrogen) atoms. The summed E-state index contributed by atoms with van der Waals surface area (Å²) in [6, 6.07) is 1.93. The zero-order chi connectivity index (χ0) is 9.80. The van der Waals surface area contributed by atoms with Crippen LogP contribution in [0.15, 0.2) is 21.2 Å². The van der Waals surface area contributed by atoms with Gasteiger partial charge in [-0.3, -0.25) is 0 Å². The van der Waals surface area contributed by atoms with Gasteiger partial charge in [-0.1, -0.05) is 0 Å². The predicted molar refractivity (Wildman–Crippen MR) is 63.6 cm³/mol. The standard InChI is InChI=1S/C10H14BrNOS/c11-9-3-4-13-10(9)7-12-6-8-2-1-5-14-8/h3-4,8,12H,1-2,5-7H2. The van der Waals surface area contributed by atoms with Gasteiger partial charge in [0.25, 0.3) is 0 Å². The van der Waals surface area contributed by atoms with E-state index in [4.69, 9.17) is 4.42 Å². The van der Waals surface area contributed by atoms with E-state index in [2.05, 4.69) is 33.0 Å². The Kier molecular flexibility index (Phi) is 3.96. The van der Waals surface area contributed by atoms with Crippen molar-refractivity contribution in [1.82, 2.24) is 5.32 Å². The van der Waals surface area contributed by atoms with Crippen LogP contribution in [0.2, 0.25) is 0 Å². The number of hydrogen-bond acceptors (Lipinski definition) is 3. The maximum atomic E-state index is 5.31. The highest BCUT2D eigenvalue weighted by Crippen LogP contribution is 2.25. The number of halogens is 1. The minimum Gasteiger partial charge on any atom is -0.467 e. The third-order valence-electron chi connectivity index (χ3n) is 2.37. The number of rotatable bonds is 4. The van der Waals surface area contributed by atoms with Crippen LogP contribution in [0.1, 0.15) is 18.6 Å². The first-order chi connectivity index (χ1) is 6.86. The Morgan fingerprint density at radius 2 is 2.57 bits per heavy atom. The van der Waals surface area contributed by atoms with E-state index in [1.54, 1.807) is 6.26 Å². The summed E-state index contributed by atoms with van der Waals surface area (Å²) in [5.41, 5.74) is 0. The van der Waals surface area contributed by atoms with E-state index in [0.717, 1.165) is 28.6 Å². The Labute approximate surface area is 97.0 Å². The number of hydrogen-bond donors (Lipinski definition) is 1. The molecule has 1 aromatic heterocycles. The minimum atomic E-state index is 0.809. The number of furan rings is 1. The molecule has 4 heteroatoms. The summed E-state index contributed by atoms with van der Waals surface area (Å²) in [6.07, 6.45) is 4.45. The number of thioether (sulfide) groups is 1. The summed E-state index contributed by atoms with van der Waals surface area (Å²) in [4.78, 5) is 0. The Morgan fingerprint density at radius 1 is 1.64 bits per heavy atom. The van der Waals surface area contributed by atoms with Crippen molar-refractivity contribution in [3.05, 3.63) is 22.6 Å². The molecule has 2 rings (SSSR count). The first kappa shape index (κ1) is 10.6. The van der Waals surface area contributed by atoms with Gasteiger partial charge < -0.3 is 9.73 Å². The molecular formula is C10H14BrNOS. The highest BCUT2D eigenvalue weighted by atomic mass is 79.9. The summed E-state index contributed by atoms with van der Waals surface area (Å²) in [5.74, 6) is 2.32. The fourth-order valence-corrected chi connectivity index (χ4v) is 3.18. The topological polar surface area (TPSA) is 25.2 Å². The predicted octanol–water partition coefficient (Wildman–Crippen LogP) is 3.03. The smallest absolute Gasteiger partial charge is 0.131 e. The zero-order valence-electron chi connectivity index (χ0n) is 7.96. The monoisotopic (exact) mass is 275 g/mol. The molecule has 0 aromatic carbocycles. The van der Waals surface area contributed by atoms with Gasteiger partial charge in [-0.15, -0.1) is 0 Å². The minimum absolute atomic E-state index is 0.809. The van der Waals surface area contributed by atoms with Crippen molar-refractivity contribution >= 4 is 27.7 Å². The average molecular weight is 276 g/mol. The maximum absolute atomic E-state index is 5.31. The zero-order valence-corrected chi connectivity index (χ0v) is 10.4. The SMILES string of the molecule is Brc1ccoc1CNCC1CCCS1. The number of nitrogens with one attached hydrogen (secondary N) is 1. The van der Waals surface area contributed by atoms with E-state index in [-0.39, 0.29) is 0 Å². The van der Waals surface area contributed by atoms with Gasteiger partial charge in [0.2, 0.25) is 0 Å². The Hall–Kier alpha value is 0.0700. The normalized spacial score (nSPS) is 21.6. The molecule has 1 atom stereocenters. The van der Waals surface area contributed by atoms with E-state index < -0.39 is 0 Å². The molecular weight excluding hydrogens is 262 g/mol. The van der Waals surface area contributed by atoms with E-state index >= 15 is 0 Å². The second-order valence-electron chi connectivity index (χ2n) is 3.46. The molecule has 0 amide bonds. The molecule has 1 fully saturated rings. The highest BCUT2D eigenvalue weighted by Gasteiger charge is 2.14. The van der Waals surface area contributed by atoms with Gasteiger partial charge in [0.1, 0.15) is 5.76 Å². The van der Waals surface area contributed by atoms with Gasteiger partial charge in [0.15, 0.2) is 0 Å². The van der Waals surface area contributed by atoms with Crippen LogP contribution in [0, 0.1) is 0 Å². The Morgan fingerprint density at radius 3 is 3.21 bits per heavy atom. The van der Waals surface area contributed by atoms with Crippen LogP contribution in [0.25, 0.3) is 0 Å². The first-order valence-corrected chi connectivity index (χ1v) is 6.74. The molecule has 1 aliphatic rings. The van der Waals surface area contributed by atoms with E-state index in [9.17, 15) is 0 Å². The van der Waals surface area contributed by atoms with Crippen molar-refractivity contribution in [2.24, 2.45) is 0 Å². The Bertz CT molecular complexity index is 283. The maximum Gasteiger partial charge on any atom is 0.131 e. The highest BCUT2D eigenvalue weighted by molar-refractivity contribution is 9.10. The van der Waals surface area contributed by atoms with Crippen molar-refractivity contribution in [1.29, 1.82) is 0 Å². The summed E-state index contributed by atoms with van der Waals surface area (Å²) in [5, 5.41) is 4.23. The lowest BCUT2D eigenvalue weighted by Gasteiger charge is -2.08. The van der Waals surface area contributed by atoms with Crippen LogP contribution >= 0.6 is 27.7 Å². The van der Waals surface area contributed by atoms with Gasteiger partial charge in [-0.05, 0) is 40.6 Å². The fourth-order valence-electron chi connectivity index (χ4n) is 1.60. The average Bonchev–Trinajstić information content (AvgIpc) is 2.78. The van der Waals surface area contributed by atoms with Gasteiger partial charge >= 0.3 is 0 Å². The van der Waals surface area contributed by atoms with Crippen LogP contribution in [-0.2, 0) is 6.54 Å². The van der Waals surface area contributed by atoms with Crippen LogP contribution in [0.3, 0.4) is 0 Å². The molecule has 0 saturated carbocycles. The summed E-state index contributed by atoms with van der Waals surface area (Å²) in [7, 11) is 0. The van der Waals surface area contributed by atoms with Crippen LogP contribution in [0.4, 0.5) is 0 Å². The molecule has 1 unspecified atom stereocenters. The van der Waals surface area contributed by atoms with Crippen LogP contribution < -0.4 is 5.32 Å². The molecule has 0 bridgehead atoms. The molecule has 78 valence electrons. The molecule has 1 N–H and O–H groups in total. The fraction of sp³-hybridized carbons (Fsp3) is 0.600. The first-order valence-electron chi connectivity index (χ1n) is 4.90. The largest absolute Gasteiger partial charge is 0.467 e. The molecule has 2 heterocycles. The molecule has 0 aliphatic carbocycles. The van der Waals surface area contributed by atoms with Crippen LogP contribution in [-0.4, -0.2) is 17.5 Å². The molecule has 1 aliphatic heterocycles. The van der Waals surface area contributed by atoms with Crippen molar-refractivity contribution in [3.8, 4) is 0 Å². The molecule has 2 nitrogen and oxygen atoms in total. The van der Waals surface area contributed by atoms with Crippen LogP contribution in [0.5, 0.6) is 0 Å². The molecule has 1 aromatic rings. The van der Waals surface area contributed by atoms with E-state index in [0.29, 0.717) is 0 Å². The third kappa shape index (κ3) is 2.78. The third-order valence-corrected chi connectivity index (χ3v) is 4.48. The second kappa shape index (κ2) is 5.24. The van der Waals surface area contributed by atoms with Gasteiger partial charge in [0.05, 0.1) is 17.3 Å². The molecule has 1 saturated heterocycles. The van der Waals surface area contributed by atoms with E-state index in [1.165, 1.54) is 18.6 Å². The van der Waals surface area contributed by atoms with Gasteiger partial charge in [0, 0.05) is 11.8 Å². The van der Waals surface area contributed by atoms with E-state index in [1.807, 2.05) is 6.07 Å². The van der Waals surface area contributed by atoms with Crippen molar-refractivity contribution in [3.63, 3.8) is 0 Å². The lowest BCUT2D eigenvalue weighted by atomic mass is 10.2. The summed E-state index contributed by atoms with van der Waals surface area (Å²) >= 11 is 5.52. The van der Waals surface area contributed by atoms with Crippen molar-refractivity contribution < 1.29 is 4.42 Å². The van der Waals surface area contributed by atoms with Gasteiger partial charge in [-0.2, -0.15) is 11.8 Å². The lowest BCUT2D eigenvalue weighted by Crippen LogP contribution is -2.22. The van der Waals surface area contributed by atoms with Crippen molar-refractivity contribution in [2.45, 2.75) is 24.6 Å². The van der Waals surface area contributed by atoms with Crippen molar-refractivity contribution in [2.75, 3.05) is 12.3 Å². The Balaban J connectivity index is 1.70. The summed E-state index contributed by atoms with van der Waals surface area (Å²) in [6.45, 7) is 1.92. The summed E-state index contributed by atoms with van der Waals surface area (Å²) < 4.78 is 6.37. The quantitative estimate of drug-likeness (QED) is 0.915. The second-order valence-corrected chi connectivity index (χ2v) is 5.72. The molecule has 0 spiro atoms.